The molecule has 0 unspecified atom stereocenters. The van der Waals surface area contributed by atoms with Crippen LogP contribution in [0.3, 0.4) is 0 Å². The van der Waals surface area contributed by atoms with Crippen molar-refractivity contribution in [2.45, 2.75) is 0 Å². The van der Waals surface area contributed by atoms with E-state index in [2.05, 4.69) is 11.6 Å². The van der Waals surface area contributed by atoms with Gasteiger partial charge in [-0.3, -0.25) is 4.99 Å². The molecule has 0 amide bonds. The lowest BCUT2D eigenvalue weighted by Crippen LogP contribution is -2.05. The summed E-state index contributed by atoms with van der Waals surface area (Å²) in [5.41, 5.74) is 5.25. The van der Waals surface area contributed by atoms with Crippen LogP contribution >= 0.6 is 11.8 Å². The van der Waals surface area contributed by atoms with E-state index in [0.29, 0.717) is 11.5 Å². The first kappa shape index (κ1) is 8.23. The Morgan fingerprint density at radius 1 is 1.89 bits per heavy atom. The van der Waals surface area contributed by atoms with Gasteiger partial charge in [-0.05, 0) is 5.41 Å². The second-order valence-corrected chi connectivity index (χ2v) is 2.12. The van der Waals surface area contributed by atoms with Gasteiger partial charge in [0.2, 0.25) is 0 Å². The zero-order valence-corrected chi connectivity index (χ0v) is 5.73. The molecule has 0 spiro atoms. The number of thioether (sulfide) groups is 1. The molecule has 0 aliphatic rings. The molecule has 2 N–H and O–H groups in total. The van der Waals surface area contributed by atoms with Gasteiger partial charge < -0.3 is 10.5 Å². The average molecular weight is 144 g/mol. The Labute approximate surface area is 58.0 Å². The minimum Gasteiger partial charge on any atom is -0.378 e. The molecule has 9 heavy (non-hydrogen) atoms. The molecule has 0 atom stereocenters. The number of nitrogens with zero attached hydrogens (tertiary/aromatic N) is 1. The second kappa shape index (κ2) is 5.37. The molecule has 0 aliphatic heterocycles. The number of nitrogens with two attached hydrogens (primary N) is 1. The molecule has 0 radical (unpaired) electrons. The number of aliphatic imine (C=N–C) groups is 1. The number of carbonyl (C=O) groups is 1. The van der Waals surface area contributed by atoms with Gasteiger partial charge >= 0.3 is 0 Å². The third-order valence-corrected chi connectivity index (χ3v) is 1.06. The van der Waals surface area contributed by atoms with Crippen molar-refractivity contribution in [3.63, 3.8) is 0 Å². The van der Waals surface area contributed by atoms with Gasteiger partial charge in [-0.2, -0.15) is 0 Å². The topological polar surface area (TPSA) is 55.4 Å². The number of hydrogen-bond acceptors (Lipinski definition) is 3. The molecule has 0 rings (SSSR count). The summed E-state index contributed by atoms with van der Waals surface area (Å²) in [4.78, 5) is 13.4. The molecule has 0 saturated carbocycles. The van der Waals surface area contributed by atoms with Gasteiger partial charge in [0.25, 0.3) is 0 Å². The molecule has 0 heterocycles. The van der Waals surface area contributed by atoms with Crippen LogP contribution in [0.2, 0.25) is 0 Å². The minimum atomic E-state index is 0.132. The number of carbonyl (C=O) groups excluding carboxylic acids is 1. The molecule has 0 bridgehead atoms. The lowest BCUT2D eigenvalue weighted by molar-refractivity contribution is -0.106. The first-order valence-electron chi connectivity index (χ1n) is 2.32. The zero-order chi connectivity index (χ0) is 7.11. The Morgan fingerprint density at radius 2 is 2.56 bits per heavy atom. The van der Waals surface area contributed by atoms with Crippen molar-refractivity contribution >= 4 is 23.2 Å². The third-order valence-electron chi connectivity index (χ3n) is 0.526. The Bertz CT molecular complexity index is 133. The summed E-state index contributed by atoms with van der Waals surface area (Å²) in [6.07, 6.45) is 0.691. The van der Waals surface area contributed by atoms with E-state index in [4.69, 9.17) is 5.73 Å². The highest BCUT2D eigenvalue weighted by Crippen LogP contribution is 1.97. The monoisotopic (exact) mass is 144 g/mol. The van der Waals surface area contributed by atoms with Crippen molar-refractivity contribution in [1.82, 2.24) is 0 Å². The first-order valence-corrected chi connectivity index (χ1v) is 3.20. The van der Waals surface area contributed by atoms with Crippen LogP contribution in [0.15, 0.2) is 17.0 Å². The summed E-state index contributed by atoms with van der Waals surface area (Å²) in [6, 6.07) is 0. The van der Waals surface area contributed by atoms with E-state index in [0.717, 1.165) is 0 Å². The van der Waals surface area contributed by atoms with Gasteiger partial charge in [0, 0.05) is 0 Å². The van der Waals surface area contributed by atoms with E-state index >= 15 is 0 Å². The predicted molar refractivity (Wildman–Crippen MR) is 40.3 cm³/mol. The molecule has 0 saturated heterocycles. The van der Waals surface area contributed by atoms with Crippen LogP contribution in [-0.4, -0.2) is 18.0 Å². The van der Waals surface area contributed by atoms with Crippen LogP contribution in [-0.2, 0) is 4.79 Å². The van der Waals surface area contributed by atoms with Crippen LogP contribution in [0.5, 0.6) is 0 Å². The summed E-state index contributed by atoms with van der Waals surface area (Å²) in [6.45, 7) is 3.55. The fraction of sp³-hybridized carbons (Fsp3) is 0.200. The summed E-state index contributed by atoms with van der Waals surface area (Å²) in [5.74, 6) is 0. The van der Waals surface area contributed by atoms with Crippen LogP contribution in [0.4, 0.5) is 0 Å². The quantitative estimate of drug-likeness (QED) is 0.354. The lowest BCUT2D eigenvalue weighted by atomic mass is 10.8. The predicted octanol–water partition coefficient (Wildman–Crippen LogP) is 0.377. The van der Waals surface area contributed by atoms with Crippen LogP contribution in [0.1, 0.15) is 0 Å². The van der Waals surface area contributed by atoms with Crippen molar-refractivity contribution in [3.8, 4) is 0 Å². The van der Waals surface area contributed by atoms with Gasteiger partial charge in [0.1, 0.15) is 6.29 Å². The van der Waals surface area contributed by atoms with Crippen LogP contribution < -0.4 is 5.73 Å². The number of hydrogen-bond donors (Lipinski definition) is 1. The standard InChI is InChI=1S/C5H8N2OS/c1-2-9-5(6)7-3-4-8/h2,4H,1,3H2,(H2,6,7). The Kier molecular flexibility index (Phi) is 4.91. The highest BCUT2D eigenvalue weighted by Gasteiger charge is 1.84. The van der Waals surface area contributed by atoms with Crippen molar-refractivity contribution in [2.75, 3.05) is 6.54 Å². The van der Waals surface area contributed by atoms with Gasteiger partial charge in [-0.25, -0.2) is 0 Å². The highest BCUT2D eigenvalue weighted by atomic mass is 32.2. The fourth-order valence-corrected chi connectivity index (χ4v) is 0.570. The van der Waals surface area contributed by atoms with Crippen LogP contribution in [0.25, 0.3) is 0 Å². The van der Waals surface area contributed by atoms with Crippen molar-refractivity contribution in [2.24, 2.45) is 10.7 Å². The molecule has 50 valence electrons. The SMILES string of the molecule is C=CSC(N)=NCC=O. The molecule has 3 nitrogen and oxygen atoms in total. The molecule has 4 heteroatoms. The van der Waals surface area contributed by atoms with Crippen LogP contribution in [0, 0.1) is 0 Å². The second-order valence-electron chi connectivity index (χ2n) is 1.13. The van der Waals surface area contributed by atoms with Gasteiger partial charge in [-0.1, -0.05) is 18.3 Å². The summed E-state index contributed by atoms with van der Waals surface area (Å²) < 4.78 is 0. The maximum absolute atomic E-state index is 9.72. The maximum atomic E-state index is 9.72. The molecule has 0 aromatic carbocycles. The van der Waals surface area contributed by atoms with E-state index in [9.17, 15) is 4.79 Å². The van der Waals surface area contributed by atoms with Crippen molar-refractivity contribution in [1.29, 1.82) is 0 Å². The van der Waals surface area contributed by atoms with E-state index in [1.54, 1.807) is 5.41 Å². The number of rotatable bonds is 3. The van der Waals surface area contributed by atoms with E-state index < -0.39 is 0 Å². The van der Waals surface area contributed by atoms with E-state index in [-0.39, 0.29) is 6.54 Å². The zero-order valence-electron chi connectivity index (χ0n) is 4.91. The van der Waals surface area contributed by atoms with Gasteiger partial charge in [0.05, 0.1) is 6.54 Å². The maximum Gasteiger partial charge on any atom is 0.158 e. The first-order chi connectivity index (χ1) is 4.31. The summed E-state index contributed by atoms with van der Waals surface area (Å²) >= 11 is 1.20. The highest BCUT2D eigenvalue weighted by molar-refractivity contribution is 8.16. The molecule has 0 fully saturated rings. The molecular formula is C5H8N2OS. The number of amidine groups is 1. The fourth-order valence-electron chi connectivity index (χ4n) is 0.250. The van der Waals surface area contributed by atoms with Gasteiger partial charge in [0.15, 0.2) is 5.17 Å². The van der Waals surface area contributed by atoms with E-state index in [1.165, 1.54) is 11.8 Å². The van der Waals surface area contributed by atoms with Crippen molar-refractivity contribution in [3.05, 3.63) is 12.0 Å². The third kappa shape index (κ3) is 5.10. The molecule has 0 aromatic rings. The largest absolute Gasteiger partial charge is 0.378 e. The lowest BCUT2D eigenvalue weighted by Gasteiger charge is -1.89. The number of aldehydes is 1. The molecule has 0 aromatic heterocycles. The molecular weight excluding hydrogens is 136 g/mol. The van der Waals surface area contributed by atoms with Crippen molar-refractivity contribution < 1.29 is 4.79 Å². The Balaban J connectivity index is 3.53. The Hall–Kier alpha value is -0.770. The molecule has 0 aliphatic carbocycles. The van der Waals surface area contributed by atoms with E-state index in [1.807, 2.05) is 0 Å². The minimum absolute atomic E-state index is 0.132. The normalized spacial score (nSPS) is 10.9. The average Bonchev–Trinajstić information content (AvgIpc) is 1.85. The Morgan fingerprint density at radius 3 is 3.00 bits per heavy atom. The summed E-state index contributed by atoms with van der Waals surface area (Å²) in [7, 11) is 0. The van der Waals surface area contributed by atoms with Gasteiger partial charge in [-0.15, -0.1) is 0 Å². The summed E-state index contributed by atoms with van der Waals surface area (Å²) in [5, 5.41) is 1.93. The smallest absolute Gasteiger partial charge is 0.158 e.